The molecule has 5 amide bonds. The van der Waals surface area contributed by atoms with Gasteiger partial charge in [0.05, 0.1) is 26.2 Å². The zero-order chi connectivity index (χ0) is 41.3. The van der Waals surface area contributed by atoms with Crippen LogP contribution in [0.15, 0.2) is 48.5 Å². The van der Waals surface area contributed by atoms with Crippen molar-refractivity contribution in [2.24, 2.45) is 34.8 Å². The largest absolute Gasteiger partial charge is 0.369 e. The molecule has 2 aromatic carbocycles. The van der Waals surface area contributed by atoms with E-state index in [0.717, 1.165) is 49.0 Å². The summed E-state index contributed by atoms with van der Waals surface area (Å²) in [5, 5.41) is 10.2. The number of aryl methyl sites for hydroxylation is 1. The van der Waals surface area contributed by atoms with Gasteiger partial charge in [-0.05, 0) is 80.4 Å². The van der Waals surface area contributed by atoms with Crippen molar-refractivity contribution in [1.82, 2.24) is 30.2 Å². The number of nitrogens with zero attached hydrogens (tertiary/aromatic N) is 4. The second-order valence-corrected chi connectivity index (χ2v) is 15.8. The molecule has 16 nitrogen and oxygen atoms in total. The average molecular weight is 808 g/mol. The number of thiocarbonyl (C=S) groups is 1. The van der Waals surface area contributed by atoms with E-state index in [0.29, 0.717) is 69.8 Å². The second kappa shape index (κ2) is 22.9. The summed E-state index contributed by atoms with van der Waals surface area (Å²) in [6.45, 7) is 6.17. The molecular formula is C40H61N11O5S. The van der Waals surface area contributed by atoms with E-state index < -0.39 is 23.6 Å². The van der Waals surface area contributed by atoms with Crippen LogP contribution in [0.3, 0.4) is 0 Å². The van der Waals surface area contributed by atoms with Crippen LogP contribution in [0, 0.1) is 18.8 Å². The molecule has 1 atom stereocenters. The van der Waals surface area contributed by atoms with Crippen LogP contribution < -0.4 is 38.9 Å². The van der Waals surface area contributed by atoms with Crippen LogP contribution in [0.2, 0.25) is 0 Å². The van der Waals surface area contributed by atoms with Crippen molar-refractivity contribution in [3.63, 3.8) is 0 Å². The van der Waals surface area contributed by atoms with Gasteiger partial charge >= 0.3 is 0 Å². The summed E-state index contributed by atoms with van der Waals surface area (Å²) in [5.74, 6) is -1.40. The molecule has 0 radical (unpaired) electrons. The lowest BCUT2D eigenvalue weighted by Gasteiger charge is -2.38. The Hall–Kier alpha value is -4.68. The Kier molecular flexibility index (Phi) is 18.1. The molecule has 4 rings (SSSR count). The summed E-state index contributed by atoms with van der Waals surface area (Å²) in [6.07, 6.45) is 4.12. The monoisotopic (exact) mass is 807 g/mol. The highest BCUT2D eigenvalue weighted by atomic mass is 32.1. The SMILES string of the molecule is Cc1ccc(CNC(=O)C2CCC(CNC(=S)Nc3ccc(CC4CN(CC(N)=O)CCN(CC(N)=O)CCN(CC(N)=O)CCN4CC(N)=O)cc3)CC2)cc1. The first-order valence-electron chi connectivity index (χ1n) is 19.7. The first-order valence-corrected chi connectivity index (χ1v) is 20.1. The maximum Gasteiger partial charge on any atom is 0.231 e. The number of benzene rings is 2. The van der Waals surface area contributed by atoms with Crippen LogP contribution in [-0.4, -0.2) is 139 Å². The van der Waals surface area contributed by atoms with Crippen molar-refractivity contribution in [2.45, 2.75) is 51.6 Å². The fourth-order valence-corrected chi connectivity index (χ4v) is 7.75. The Labute approximate surface area is 341 Å². The van der Waals surface area contributed by atoms with E-state index in [9.17, 15) is 24.0 Å². The fourth-order valence-electron chi connectivity index (χ4n) is 7.55. The van der Waals surface area contributed by atoms with Gasteiger partial charge in [0.1, 0.15) is 0 Å². The van der Waals surface area contributed by atoms with Crippen molar-refractivity contribution in [1.29, 1.82) is 0 Å². The average Bonchev–Trinajstić information content (AvgIpc) is 3.15. The van der Waals surface area contributed by atoms with E-state index in [1.807, 2.05) is 62.9 Å². The molecule has 0 bridgehead atoms. The van der Waals surface area contributed by atoms with Crippen LogP contribution in [0.1, 0.15) is 42.4 Å². The van der Waals surface area contributed by atoms with Gasteiger partial charge in [0.15, 0.2) is 5.11 Å². The number of hydrogen-bond donors (Lipinski definition) is 7. The van der Waals surface area contributed by atoms with Crippen LogP contribution in [0.25, 0.3) is 0 Å². The first-order chi connectivity index (χ1) is 27.2. The van der Waals surface area contributed by atoms with Crippen molar-refractivity contribution in [3.05, 3.63) is 65.2 Å². The van der Waals surface area contributed by atoms with Gasteiger partial charge in [-0.1, -0.05) is 42.0 Å². The summed E-state index contributed by atoms with van der Waals surface area (Å²) >= 11 is 5.62. The number of carbonyl (C=O) groups excluding carboxylic acids is 5. The highest BCUT2D eigenvalue weighted by molar-refractivity contribution is 7.80. The van der Waals surface area contributed by atoms with E-state index in [1.54, 1.807) is 0 Å². The van der Waals surface area contributed by atoms with Crippen LogP contribution in [0.5, 0.6) is 0 Å². The smallest absolute Gasteiger partial charge is 0.231 e. The van der Waals surface area contributed by atoms with E-state index in [1.165, 1.54) is 5.56 Å². The topological polar surface area (TPSA) is 238 Å². The zero-order valence-corrected chi connectivity index (χ0v) is 33.9. The number of anilines is 1. The van der Waals surface area contributed by atoms with Gasteiger partial charge in [0.25, 0.3) is 0 Å². The number of primary amides is 4. The van der Waals surface area contributed by atoms with E-state index >= 15 is 0 Å². The molecule has 0 spiro atoms. The van der Waals surface area contributed by atoms with Gasteiger partial charge in [-0.15, -0.1) is 0 Å². The highest BCUT2D eigenvalue weighted by Crippen LogP contribution is 2.28. The third kappa shape index (κ3) is 16.8. The highest BCUT2D eigenvalue weighted by Gasteiger charge is 2.28. The molecule has 17 heteroatoms. The van der Waals surface area contributed by atoms with Gasteiger partial charge < -0.3 is 38.9 Å². The molecule has 2 aromatic rings. The molecule has 11 N–H and O–H groups in total. The molecule has 1 heterocycles. The summed E-state index contributed by atoms with van der Waals surface area (Å²) in [6, 6.07) is 15.8. The summed E-state index contributed by atoms with van der Waals surface area (Å²) in [4.78, 5) is 68.7. The molecule has 312 valence electrons. The Morgan fingerprint density at radius 1 is 0.649 bits per heavy atom. The molecule has 0 aromatic heterocycles. The molecule has 1 aliphatic carbocycles. The van der Waals surface area contributed by atoms with Crippen LogP contribution in [0.4, 0.5) is 5.69 Å². The predicted octanol–water partition coefficient (Wildman–Crippen LogP) is -0.522. The zero-order valence-electron chi connectivity index (χ0n) is 33.1. The minimum atomic E-state index is -0.504. The van der Waals surface area contributed by atoms with Crippen molar-refractivity contribution in [2.75, 3.05) is 83.9 Å². The third-order valence-electron chi connectivity index (χ3n) is 10.7. The maximum absolute atomic E-state index is 12.8. The quantitative estimate of drug-likeness (QED) is 0.106. The fraction of sp³-hybridized carbons (Fsp3) is 0.550. The Morgan fingerprint density at radius 3 is 1.72 bits per heavy atom. The van der Waals surface area contributed by atoms with Crippen LogP contribution in [-0.2, 0) is 36.9 Å². The standard InChI is InChI=1S/C40H61N11O5S/c1-28-2-4-30(5-3-28)21-45-39(56)32-10-6-31(7-11-32)22-46-40(57)47-33-12-8-29(9-13-33)20-34-23-50(26-37(43)54)17-16-48(24-35(41)52)14-15-49(25-36(42)53)18-19-51(34)27-38(44)55/h2-5,8-9,12-13,31-32,34H,6-7,10-11,14-27H2,1H3,(H2,41,52)(H2,42,53)(H2,43,54)(H2,44,55)(H,45,56)(H2,46,47,57). The van der Waals surface area contributed by atoms with Crippen molar-refractivity contribution in [3.8, 4) is 0 Å². The van der Waals surface area contributed by atoms with Gasteiger partial charge in [-0.2, -0.15) is 0 Å². The number of nitrogens with one attached hydrogen (secondary N) is 3. The minimum Gasteiger partial charge on any atom is -0.369 e. The number of amides is 5. The van der Waals surface area contributed by atoms with Gasteiger partial charge in [-0.25, -0.2) is 0 Å². The number of hydrogen-bond acceptors (Lipinski definition) is 10. The predicted molar refractivity (Wildman–Crippen MR) is 224 cm³/mol. The third-order valence-corrected chi connectivity index (χ3v) is 10.9. The van der Waals surface area contributed by atoms with E-state index in [2.05, 4.69) is 28.1 Å². The summed E-state index contributed by atoms with van der Waals surface area (Å²) in [5.41, 5.74) is 26.6. The number of rotatable bonds is 16. The lowest BCUT2D eigenvalue weighted by atomic mass is 9.81. The maximum atomic E-state index is 12.8. The van der Waals surface area contributed by atoms with Crippen LogP contribution >= 0.6 is 12.2 Å². The first kappa shape index (κ1) is 45.0. The van der Waals surface area contributed by atoms with Gasteiger partial charge in [0, 0.05) is 76.5 Å². The summed E-state index contributed by atoms with van der Waals surface area (Å²) in [7, 11) is 0. The molecule has 1 saturated heterocycles. The second-order valence-electron chi connectivity index (χ2n) is 15.4. The lowest BCUT2D eigenvalue weighted by molar-refractivity contribution is -0.126. The Morgan fingerprint density at radius 2 is 1.16 bits per heavy atom. The molecule has 57 heavy (non-hydrogen) atoms. The van der Waals surface area contributed by atoms with Crippen molar-refractivity contribution < 1.29 is 24.0 Å². The number of nitrogens with two attached hydrogens (primary N) is 4. The molecular weight excluding hydrogens is 747 g/mol. The van der Waals surface area contributed by atoms with Gasteiger partial charge in [-0.3, -0.25) is 43.6 Å². The van der Waals surface area contributed by atoms with E-state index in [-0.39, 0.29) is 44.0 Å². The lowest BCUT2D eigenvalue weighted by Crippen LogP contribution is -2.54. The number of carbonyl (C=O) groups is 5. The Bertz CT molecular complexity index is 1650. The normalized spacial score (nSPS) is 20.7. The molecule has 2 aliphatic rings. The minimum absolute atomic E-state index is 0.00764. The Balaban J connectivity index is 1.34. The molecule has 1 aliphatic heterocycles. The van der Waals surface area contributed by atoms with E-state index in [4.69, 9.17) is 35.2 Å². The molecule has 1 unspecified atom stereocenters. The van der Waals surface area contributed by atoms with Crippen molar-refractivity contribution >= 4 is 52.6 Å². The molecule has 1 saturated carbocycles. The summed E-state index contributed by atoms with van der Waals surface area (Å²) < 4.78 is 0. The molecule has 2 fully saturated rings. The van der Waals surface area contributed by atoms with Gasteiger partial charge in [0.2, 0.25) is 29.5 Å².